The summed E-state index contributed by atoms with van der Waals surface area (Å²) in [6, 6.07) is 30.6. The van der Waals surface area contributed by atoms with Crippen molar-refractivity contribution in [2.24, 2.45) is 0 Å². The molecule has 6 rings (SSSR count). The van der Waals surface area contributed by atoms with E-state index in [9.17, 15) is 0 Å². The van der Waals surface area contributed by atoms with Gasteiger partial charge in [0.05, 0.1) is 12.3 Å². The van der Waals surface area contributed by atoms with Crippen LogP contribution in [0.2, 0.25) is 0 Å². The lowest BCUT2D eigenvalue weighted by atomic mass is 9.81. The molecule has 33 heavy (non-hydrogen) atoms. The average Bonchev–Trinajstić information content (AvgIpc) is 3.29. The molecule has 2 aliphatic heterocycles. The third kappa shape index (κ3) is 3.51. The normalized spacial score (nSPS) is 14.9. The Bertz CT molecular complexity index is 1290. The van der Waals surface area contributed by atoms with E-state index in [0.29, 0.717) is 0 Å². The third-order valence-corrected chi connectivity index (χ3v) is 7.20. The third-order valence-electron chi connectivity index (χ3n) is 7.20. The Morgan fingerprint density at radius 2 is 1.24 bits per heavy atom. The number of anilines is 1. The molecule has 2 aliphatic rings. The van der Waals surface area contributed by atoms with Crippen LogP contribution in [0.15, 0.2) is 84.9 Å². The lowest BCUT2D eigenvalue weighted by molar-refractivity contribution is 0.307. The molecule has 2 heterocycles. The fourth-order valence-electron chi connectivity index (χ4n) is 5.69. The molecule has 0 aromatic heterocycles. The Balaban J connectivity index is 1.65. The van der Waals surface area contributed by atoms with Crippen LogP contribution in [0.25, 0.3) is 22.3 Å². The Hall–Kier alpha value is -3.52. The fourth-order valence-corrected chi connectivity index (χ4v) is 5.69. The summed E-state index contributed by atoms with van der Waals surface area (Å²) in [4.78, 5) is 2.50. The molecule has 0 amide bonds. The number of para-hydroxylation sites is 2. The quantitative estimate of drug-likeness (QED) is 0.325. The smallest absolute Gasteiger partial charge is 0.142 e. The Kier molecular flexibility index (Phi) is 5.14. The molecule has 164 valence electrons. The first kappa shape index (κ1) is 20.1. The van der Waals surface area contributed by atoms with E-state index >= 15 is 0 Å². The van der Waals surface area contributed by atoms with Gasteiger partial charge < -0.3 is 9.64 Å². The Morgan fingerprint density at radius 3 is 1.97 bits per heavy atom. The van der Waals surface area contributed by atoms with E-state index in [4.69, 9.17) is 4.74 Å². The highest BCUT2D eigenvalue weighted by atomic mass is 16.5. The number of benzene rings is 4. The van der Waals surface area contributed by atoms with Crippen LogP contribution < -0.4 is 9.64 Å². The number of hydrogen-bond donors (Lipinski definition) is 0. The van der Waals surface area contributed by atoms with Gasteiger partial charge in [-0.25, -0.2) is 0 Å². The summed E-state index contributed by atoms with van der Waals surface area (Å²) < 4.78 is 6.26. The molecule has 0 radical (unpaired) electrons. The van der Waals surface area contributed by atoms with Crippen molar-refractivity contribution in [2.45, 2.75) is 39.3 Å². The van der Waals surface area contributed by atoms with Gasteiger partial charge in [0.15, 0.2) is 0 Å². The first-order chi connectivity index (χ1) is 16.3. The van der Waals surface area contributed by atoms with Gasteiger partial charge in [0, 0.05) is 13.1 Å². The van der Waals surface area contributed by atoms with Crippen LogP contribution in [-0.2, 0) is 19.5 Å². The van der Waals surface area contributed by atoms with E-state index in [0.717, 1.165) is 44.7 Å². The highest BCUT2D eigenvalue weighted by Crippen LogP contribution is 2.46. The molecule has 0 saturated carbocycles. The summed E-state index contributed by atoms with van der Waals surface area (Å²) in [6.45, 7) is 4.92. The standard InChI is InChI=1S/C31H29NO/c1-22-25-16-10-11-19-33-29-18-9-8-17-28(29)32-20-26(30(22)23-12-4-2-5-13-23)27(21-32)31(25)24-14-6-3-7-15-24/h2-9,12-15,17-18H,10-11,16,19-21H2,1H3. The maximum absolute atomic E-state index is 6.26. The number of ether oxygens (including phenoxy) is 1. The summed E-state index contributed by atoms with van der Waals surface area (Å²) >= 11 is 0. The molecule has 0 saturated heterocycles. The molecule has 0 N–H and O–H groups in total. The van der Waals surface area contributed by atoms with Crippen molar-refractivity contribution >= 4 is 5.69 Å². The molecule has 0 aliphatic carbocycles. The summed E-state index contributed by atoms with van der Waals surface area (Å²) in [5.41, 5.74) is 12.7. The molecule has 4 aromatic carbocycles. The summed E-state index contributed by atoms with van der Waals surface area (Å²) in [7, 11) is 0. The van der Waals surface area contributed by atoms with Gasteiger partial charge in [-0.2, -0.15) is 0 Å². The predicted octanol–water partition coefficient (Wildman–Crippen LogP) is 7.56. The highest BCUT2D eigenvalue weighted by Gasteiger charge is 2.31. The SMILES string of the molecule is Cc1c2c(-c3ccccc3)c3c(c1-c1ccccc1)CN(C3)c1ccccc1OCCCC2. The molecule has 0 atom stereocenters. The largest absolute Gasteiger partial charge is 0.491 e. The highest BCUT2D eigenvalue weighted by molar-refractivity contribution is 5.85. The first-order valence-electron chi connectivity index (χ1n) is 12.1. The van der Waals surface area contributed by atoms with Crippen LogP contribution in [0.5, 0.6) is 5.75 Å². The number of hydrogen-bond acceptors (Lipinski definition) is 2. The molecular formula is C31H29NO. The van der Waals surface area contributed by atoms with Crippen molar-refractivity contribution in [2.75, 3.05) is 11.5 Å². The van der Waals surface area contributed by atoms with E-state index in [1.807, 2.05) is 0 Å². The predicted molar refractivity (Wildman–Crippen MR) is 137 cm³/mol. The van der Waals surface area contributed by atoms with Crippen molar-refractivity contribution in [1.29, 1.82) is 0 Å². The molecule has 4 aromatic rings. The molecule has 2 heteroatoms. The zero-order valence-electron chi connectivity index (χ0n) is 19.2. The van der Waals surface area contributed by atoms with Crippen molar-refractivity contribution in [3.8, 4) is 28.0 Å². The molecule has 2 nitrogen and oxygen atoms in total. The summed E-state index contributed by atoms with van der Waals surface area (Å²) in [5, 5.41) is 0. The molecular weight excluding hydrogens is 402 g/mol. The second kappa shape index (κ2) is 8.44. The van der Waals surface area contributed by atoms with Crippen LogP contribution in [-0.4, -0.2) is 6.61 Å². The van der Waals surface area contributed by atoms with E-state index in [1.54, 1.807) is 0 Å². The first-order valence-corrected chi connectivity index (χ1v) is 12.1. The van der Waals surface area contributed by atoms with Gasteiger partial charge in [-0.15, -0.1) is 0 Å². The maximum atomic E-state index is 6.26. The molecule has 3 bridgehead atoms. The number of nitrogens with zero attached hydrogens (tertiary/aromatic N) is 1. The van der Waals surface area contributed by atoms with Crippen LogP contribution in [0, 0.1) is 6.92 Å². The van der Waals surface area contributed by atoms with Crippen LogP contribution >= 0.6 is 0 Å². The zero-order chi connectivity index (χ0) is 22.2. The van der Waals surface area contributed by atoms with Gasteiger partial charge in [0.1, 0.15) is 5.75 Å². The lowest BCUT2D eigenvalue weighted by Crippen LogP contribution is -2.16. The lowest BCUT2D eigenvalue weighted by Gasteiger charge is -2.23. The van der Waals surface area contributed by atoms with E-state index < -0.39 is 0 Å². The van der Waals surface area contributed by atoms with Crippen molar-refractivity contribution in [3.05, 3.63) is 107 Å². The number of fused-ring (bicyclic) bond motifs is 4. The van der Waals surface area contributed by atoms with Crippen molar-refractivity contribution < 1.29 is 4.74 Å². The van der Waals surface area contributed by atoms with Gasteiger partial charge in [-0.1, -0.05) is 72.8 Å². The molecule has 0 spiro atoms. The van der Waals surface area contributed by atoms with Crippen LogP contribution in [0.4, 0.5) is 5.69 Å². The summed E-state index contributed by atoms with van der Waals surface area (Å²) in [6.07, 6.45) is 3.26. The Morgan fingerprint density at radius 1 is 0.636 bits per heavy atom. The summed E-state index contributed by atoms with van der Waals surface area (Å²) in [5.74, 6) is 1.00. The molecule has 0 unspecified atom stereocenters. The van der Waals surface area contributed by atoms with E-state index in [1.165, 1.54) is 50.2 Å². The average molecular weight is 432 g/mol. The Labute approximate surface area is 196 Å². The minimum Gasteiger partial charge on any atom is -0.491 e. The van der Waals surface area contributed by atoms with E-state index in [2.05, 4.69) is 96.8 Å². The fraction of sp³-hybridized carbons (Fsp3) is 0.226. The molecule has 0 fully saturated rings. The van der Waals surface area contributed by atoms with Crippen LogP contribution in [0.3, 0.4) is 0 Å². The van der Waals surface area contributed by atoms with Gasteiger partial charge in [0.25, 0.3) is 0 Å². The van der Waals surface area contributed by atoms with Crippen molar-refractivity contribution in [1.82, 2.24) is 0 Å². The van der Waals surface area contributed by atoms with Gasteiger partial charge >= 0.3 is 0 Å². The second-order valence-electron chi connectivity index (χ2n) is 9.17. The topological polar surface area (TPSA) is 12.5 Å². The number of rotatable bonds is 2. The van der Waals surface area contributed by atoms with Gasteiger partial charge in [-0.3, -0.25) is 0 Å². The van der Waals surface area contributed by atoms with Crippen molar-refractivity contribution in [3.63, 3.8) is 0 Å². The van der Waals surface area contributed by atoms with Gasteiger partial charge in [0.2, 0.25) is 0 Å². The maximum Gasteiger partial charge on any atom is 0.142 e. The minimum atomic E-state index is 0.764. The van der Waals surface area contributed by atoms with E-state index in [-0.39, 0.29) is 0 Å². The zero-order valence-corrected chi connectivity index (χ0v) is 19.2. The monoisotopic (exact) mass is 431 g/mol. The minimum absolute atomic E-state index is 0.764. The van der Waals surface area contributed by atoms with Crippen LogP contribution in [0.1, 0.15) is 35.1 Å². The second-order valence-corrected chi connectivity index (χ2v) is 9.17. The van der Waals surface area contributed by atoms with Gasteiger partial charge in [-0.05, 0) is 82.8 Å².